The van der Waals surface area contributed by atoms with Gasteiger partial charge >= 0.3 is 12.3 Å². The molecule has 1 atom stereocenters. The molecule has 0 saturated carbocycles. The van der Waals surface area contributed by atoms with Crippen LogP contribution in [0.15, 0.2) is 0 Å². The van der Waals surface area contributed by atoms with Gasteiger partial charge in [-0.3, -0.25) is 4.79 Å². The first-order valence-electron chi connectivity index (χ1n) is 4.92. The molecule has 17 heavy (non-hydrogen) atoms. The Kier molecular flexibility index (Phi) is 5.77. The van der Waals surface area contributed by atoms with Crippen molar-refractivity contribution < 1.29 is 27.5 Å². The van der Waals surface area contributed by atoms with Crippen molar-refractivity contribution >= 4 is 12.0 Å². The summed E-state index contributed by atoms with van der Waals surface area (Å²) in [5.74, 6) is -0.496. The van der Waals surface area contributed by atoms with Crippen LogP contribution < -0.4 is 10.6 Å². The zero-order valence-electron chi connectivity index (χ0n) is 9.72. The van der Waals surface area contributed by atoms with E-state index in [-0.39, 0.29) is 6.04 Å². The highest BCUT2D eigenvalue weighted by Crippen LogP contribution is 2.14. The van der Waals surface area contributed by atoms with Gasteiger partial charge in [0.05, 0.1) is 0 Å². The lowest BCUT2D eigenvalue weighted by Gasteiger charge is -2.16. The Balaban J connectivity index is 4.00. The molecule has 5 nitrogen and oxygen atoms in total. The van der Waals surface area contributed by atoms with E-state index in [9.17, 15) is 22.8 Å². The monoisotopic (exact) mass is 256 g/mol. The summed E-state index contributed by atoms with van der Waals surface area (Å²) in [6.07, 6.45) is -5.87. The summed E-state index contributed by atoms with van der Waals surface area (Å²) in [5.41, 5.74) is 0. The number of nitrogens with one attached hydrogen (secondary N) is 2. The van der Waals surface area contributed by atoms with E-state index in [1.165, 1.54) is 6.92 Å². The predicted molar refractivity (Wildman–Crippen MR) is 53.3 cm³/mol. The van der Waals surface area contributed by atoms with Gasteiger partial charge in [0.1, 0.15) is 6.04 Å². The molecule has 0 aromatic rings. The standard InChI is InChI=1S/C9H15F3N2O3/c1-5(2)13-7(15)6(3)14-8(16)17-4-9(10,11)12/h5-6H,4H2,1-3H3,(H,13,15)(H,14,16). The summed E-state index contributed by atoms with van der Waals surface area (Å²) in [6, 6.07) is -1.09. The zero-order chi connectivity index (χ0) is 13.6. The van der Waals surface area contributed by atoms with Gasteiger partial charge in [-0.2, -0.15) is 13.2 Å². The van der Waals surface area contributed by atoms with Crippen LogP contribution in [0.2, 0.25) is 0 Å². The summed E-state index contributed by atoms with van der Waals surface area (Å²) in [5, 5.41) is 4.47. The van der Waals surface area contributed by atoms with E-state index in [4.69, 9.17) is 0 Å². The predicted octanol–water partition coefficient (Wildman–Crippen LogP) is 1.19. The Morgan fingerprint density at radius 3 is 2.12 bits per heavy atom. The highest BCUT2D eigenvalue weighted by atomic mass is 19.4. The van der Waals surface area contributed by atoms with Crippen LogP contribution in [0, 0.1) is 0 Å². The molecule has 0 aromatic carbocycles. The number of carbonyl (C=O) groups is 2. The molecule has 0 spiro atoms. The average molecular weight is 256 g/mol. The number of hydrogen-bond donors (Lipinski definition) is 2. The Labute approximate surface area is 96.7 Å². The van der Waals surface area contributed by atoms with Crippen LogP contribution in [0.4, 0.5) is 18.0 Å². The number of ether oxygens (including phenoxy) is 1. The summed E-state index contributed by atoms with van der Waals surface area (Å²) in [7, 11) is 0. The molecule has 1 unspecified atom stereocenters. The van der Waals surface area contributed by atoms with E-state index >= 15 is 0 Å². The molecule has 0 aliphatic rings. The molecule has 2 N–H and O–H groups in total. The molecule has 0 heterocycles. The lowest BCUT2D eigenvalue weighted by Crippen LogP contribution is -2.47. The molecule has 0 bridgehead atoms. The minimum Gasteiger partial charge on any atom is -0.440 e. The summed E-state index contributed by atoms with van der Waals surface area (Å²) in [4.78, 5) is 22.2. The number of hydrogen-bond acceptors (Lipinski definition) is 3. The highest BCUT2D eigenvalue weighted by molar-refractivity contribution is 5.85. The number of amides is 2. The fourth-order valence-electron chi connectivity index (χ4n) is 0.841. The van der Waals surface area contributed by atoms with Gasteiger partial charge in [-0.25, -0.2) is 4.79 Å². The first kappa shape index (κ1) is 15.5. The van der Waals surface area contributed by atoms with Crippen molar-refractivity contribution in [1.82, 2.24) is 10.6 Å². The molecule has 0 rings (SSSR count). The number of alkyl carbamates (subject to hydrolysis) is 1. The van der Waals surface area contributed by atoms with E-state index < -0.39 is 30.8 Å². The minimum atomic E-state index is -4.58. The molecular formula is C9H15F3N2O3. The van der Waals surface area contributed by atoms with Crippen LogP contribution in [0.1, 0.15) is 20.8 Å². The topological polar surface area (TPSA) is 67.4 Å². The van der Waals surface area contributed by atoms with E-state index in [1.807, 2.05) is 5.32 Å². The molecule has 0 aliphatic heterocycles. The van der Waals surface area contributed by atoms with Gasteiger partial charge in [0.2, 0.25) is 5.91 Å². The number of alkyl halides is 3. The SMILES string of the molecule is CC(C)NC(=O)C(C)NC(=O)OCC(F)(F)F. The maximum atomic E-state index is 11.7. The van der Waals surface area contributed by atoms with Gasteiger partial charge in [0.15, 0.2) is 6.61 Å². The van der Waals surface area contributed by atoms with Gasteiger partial charge in [-0.05, 0) is 20.8 Å². The van der Waals surface area contributed by atoms with E-state index in [1.54, 1.807) is 13.8 Å². The molecule has 2 amide bonds. The van der Waals surface area contributed by atoms with Crippen molar-refractivity contribution in [3.05, 3.63) is 0 Å². The lowest BCUT2D eigenvalue weighted by molar-refractivity contribution is -0.160. The van der Waals surface area contributed by atoms with Crippen molar-refractivity contribution in [2.45, 2.75) is 39.0 Å². The van der Waals surface area contributed by atoms with E-state index in [2.05, 4.69) is 10.1 Å². The smallest absolute Gasteiger partial charge is 0.422 e. The van der Waals surface area contributed by atoms with E-state index in [0.29, 0.717) is 0 Å². The Bertz CT molecular complexity index is 279. The number of halogens is 3. The summed E-state index contributed by atoms with van der Waals surface area (Å²) in [6.45, 7) is 3.09. The van der Waals surface area contributed by atoms with Crippen molar-refractivity contribution in [2.24, 2.45) is 0 Å². The average Bonchev–Trinajstić information content (AvgIpc) is 2.12. The maximum Gasteiger partial charge on any atom is 0.422 e. The van der Waals surface area contributed by atoms with Crippen LogP contribution >= 0.6 is 0 Å². The molecule has 0 aliphatic carbocycles. The third-order valence-electron chi connectivity index (χ3n) is 1.53. The number of rotatable bonds is 4. The molecule has 0 saturated heterocycles. The number of carbonyl (C=O) groups excluding carboxylic acids is 2. The molecule has 0 aromatic heterocycles. The van der Waals surface area contributed by atoms with Gasteiger partial charge in [0.25, 0.3) is 0 Å². The van der Waals surface area contributed by atoms with Crippen LogP contribution in [-0.2, 0) is 9.53 Å². The van der Waals surface area contributed by atoms with Crippen LogP contribution in [0.5, 0.6) is 0 Å². The quantitative estimate of drug-likeness (QED) is 0.793. The normalized spacial score (nSPS) is 13.1. The van der Waals surface area contributed by atoms with Gasteiger partial charge in [-0.15, -0.1) is 0 Å². The van der Waals surface area contributed by atoms with Crippen LogP contribution in [-0.4, -0.2) is 36.9 Å². The van der Waals surface area contributed by atoms with Crippen molar-refractivity contribution in [3.8, 4) is 0 Å². The third-order valence-corrected chi connectivity index (χ3v) is 1.53. The largest absolute Gasteiger partial charge is 0.440 e. The Morgan fingerprint density at radius 1 is 1.18 bits per heavy atom. The zero-order valence-corrected chi connectivity index (χ0v) is 9.72. The summed E-state index contributed by atoms with van der Waals surface area (Å²) < 4.78 is 39.0. The second-order valence-corrected chi connectivity index (χ2v) is 3.72. The summed E-state index contributed by atoms with van der Waals surface area (Å²) >= 11 is 0. The van der Waals surface area contributed by atoms with Gasteiger partial charge in [-0.1, -0.05) is 0 Å². The van der Waals surface area contributed by atoms with Crippen molar-refractivity contribution in [1.29, 1.82) is 0 Å². The maximum absolute atomic E-state index is 11.7. The van der Waals surface area contributed by atoms with Gasteiger partial charge < -0.3 is 15.4 Å². The van der Waals surface area contributed by atoms with Crippen molar-refractivity contribution in [2.75, 3.05) is 6.61 Å². The molecule has 0 radical (unpaired) electrons. The minimum absolute atomic E-state index is 0.127. The molecular weight excluding hydrogens is 241 g/mol. The molecule has 100 valence electrons. The molecule has 0 fully saturated rings. The fourth-order valence-corrected chi connectivity index (χ4v) is 0.841. The van der Waals surface area contributed by atoms with Gasteiger partial charge in [0, 0.05) is 6.04 Å². The van der Waals surface area contributed by atoms with Crippen molar-refractivity contribution in [3.63, 3.8) is 0 Å². The lowest BCUT2D eigenvalue weighted by atomic mass is 10.3. The van der Waals surface area contributed by atoms with E-state index in [0.717, 1.165) is 0 Å². The second-order valence-electron chi connectivity index (χ2n) is 3.72. The Hall–Kier alpha value is -1.47. The second kappa shape index (κ2) is 6.31. The van der Waals surface area contributed by atoms with Crippen LogP contribution in [0.25, 0.3) is 0 Å². The van der Waals surface area contributed by atoms with Crippen LogP contribution in [0.3, 0.4) is 0 Å². The Morgan fingerprint density at radius 2 is 1.71 bits per heavy atom. The fraction of sp³-hybridized carbons (Fsp3) is 0.778. The molecule has 8 heteroatoms. The first-order chi connectivity index (χ1) is 7.61. The third kappa shape index (κ3) is 8.35. The highest BCUT2D eigenvalue weighted by Gasteiger charge is 2.30. The first-order valence-corrected chi connectivity index (χ1v) is 4.92.